The molecule has 0 unspecified atom stereocenters. The van der Waals surface area contributed by atoms with Gasteiger partial charge in [-0.25, -0.2) is 14.6 Å². The first-order chi connectivity index (χ1) is 8.65. The van der Waals surface area contributed by atoms with E-state index in [0.29, 0.717) is 0 Å². The van der Waals surface area contributed by atoms with Crippen LogP contribution in [0, 0.1) is 20.8 Å². The van der Waals surface area contributed by atoms with Crippen LogP contribution in [0.5, 0.6) is 0 Å². The molecule has 0 aliphatic carbocycles. The second kappa shape index (κ2) is 5.27. The van der Waals surface area contributed by atoms with Crippen molar-refractivity contribution >= 4 is 0 Å². The SMILES string of the molecule is CCNCc1cncnc1-n1nc(C)c(C)c1C. The predicted molar refractivity (Wildman–Crippen MR) is 70.7 cm³/mol. The van der Waals surface area contributed by atoms with E-state index in [2.05, 4.69) is 41.2 Å². The lowest BCUT2D eigenvalue weighted by Crippen LogP contribution is -2.16. The van der Waals surface area contributed by atoms with Crippen LogP contribution in [-0.2, 0) is 6.54 Å². The van der Waals surface area contributed by atoms with Gasteiger partial charge in [0, 0.05) is 24.0 Å². The Morgan fingerprint density at radius 1 is 1.28 bits per heavy atom. The maximum absolute atomic E-state index is 4.55. The molecule has 0 spiro atoms. The van der Waals surface area contributed by atoms with Gasteiger partial charge in [-0.05, 0) is 32.9 Å². The molecule has 0 aromatic carbocycles. The molecule has 2 heterocycles. The third kappa shape index (κ3) is 2.26. The summed E-state index contributed by atoms with van der Waals surface area (Å²) in [5, 5.41) is 7.84. The third-order valence-corrected chi connectivity index (χ3v) is 3.18. The summed E-state index contributed by atoms with van der Waals surface area (Å²) >= 11 is 0. The van der Waals surface area contributed by atoms with E-state index in [4.69, 9.17) is 0 Å². The molecule has 2 aromatic heterocycles. The van der Waals surface area contributed by atoms with Gasteiger partial charge in [-0.1, -0.05) is 6.92 Å². The number of nitrogens with one attached hydrogen (secondary N) is 1. The fourth-order valence-corrected chi connectivity index (χ4v) is 1.85. The predicted octanol–water partition coefficient (Wildman–Crippen LogP) is 1.70. The summed E-state index contributed by atoms with van der Waals surface area (Å²) in [4.78, 5) is 8.46. The molecule has 5 heteroatoms. The minimum absolute atomic E-state index is 0.754. The summed E-state index contributed by atoms with van der Waals surface area (Å²) in [5.41, 5.74) is 4.44. The van der Waals surface area contributed by atoms with Crippen LogP contribution in [0.4, 0.5) is 0 Å². The zero-order valence-electron chi connectivity index (χ0n) is 11.4. The Balaban J connectivity index is 2.46. The van der Waals surface area contributed by atoms with Gasteiger partial charge in [-0.15, -0.1) is 0 Å². The molecule has 5 nitrogen and oxygen atoms in total. The van der Waals surface area contributed by atoms with Crippen LogP contribution in [0.1, 0.15) is 29.4 Å². The Labute approximate surface area is 107 Å². The van der Waals surface area contributed by atoms with Crippen molar-refractivity contribution in [2.24, 2.45) is 0 Å². The van der Waals surface area contributed by atoms with Crippen molar-refractivity contribution in [3.8, 4) is 5.82 Å². The maximum Gasteiger partial charge on any atom is 0.161 e. The molecule has 0 fully saturated rings. The summed E-state index contributed by atoms with van der Waals surface area (Å²) in [7, 11) is 0. The Morgan fingerprint density at radius 3 is 2.67 bits per heavy atom. The van der Waals surface area contributed by atoms with Gasteiger partial charge in [0.15, 0.2) is 5.82 Å². The third-order valence-electron chi connectivity index (χ3n) is 3.18. The molecule has 0 saturated heterocycles. The van der Waals surface area contributed by atoms with Gasteiger partial charge in [-0.2, -0.15) is 5.10 Å². The maximum atomic E-state index is 4.55. The number of nitrogens with zero attached hydrogens (tertiary/aromatic N) is 4. The van der Waals surface area contributed by atoms with Crippen LogP contribution in [0.2, 0.25) is 0 Å². The Bertz CT molecular complexity index is 544. The van der Waals surface area contributed by atoms with Crippen LogP contribution in [-0.4, -0.2) is 26.3 Å². The summed E-state index contributed by atoms with van der Waals surface area (Å²) in [6.07, 6.45) is 3.41. The molecule has 2 aromatic rings. The molecule has 0 aliphatic rings. The van der Waals surface area contributed by atoms with Gasteiger partial charge in [0.05, 0.1) is 5.69 Å². The van der Waals surface area contributed by atoms with Crippen molar-refractivity contribution < 1.29 is 0 Å². The van der Waals surface area contributed by atoms with E-state index in [1.165, 1.54) is 5.56 Å². The summed E-state index contributed by atoms with van der Waals surface area (Å²) in [6, 6.07) is 0. The average Bonchev–Trinajstić information content (AvgIpc) is 2.64. The van der Waals surface area contributed by atoms with E-state index in [-0.39, 0.29) is 0 Å². The summed E-state index contributed by atoms with van der Waals surface area (Å²) in [5.74, 6) is 0.861. The number of aromatic nitrogens is 4. The van der Waals surface area contributed by atoms with Crippen molar-refractivity contribution in [2.75, 3.05) is 6.54 Å². The molecule has 0 aliphatic heterocycles. The number of aryl methyl sites for hydroxylation is 1. The first kappa shape index (κ1) is 12.7. The highest BCUT2D eigenvalue weighted by molar-refractivity contribution is 5.36. The number of hydrogen-bond donors (Lipinski definition) is 1. The molecule has 0 radical (unpaired) electrons. The topological polar surface area (TPSA) is 55.6 Å². The molecule has 0 saturated carbocycles. The average molecular weight is 245 g/mol. The molecule has 96 valence electrons. The highest BCUT2D eigenvalue weighted by Crippen LogP contribution is 2.17. The quantitative estimate of drug-likeness (QED) is 0.890. The van der Waals surface area contributed by atoms with E-state index in [1.54, 1.807) is 6.33 Å². The van der Waals surface area contributed by atoms with Crippen LogP contribution in [0.25, 0.3) is 5.82 Å². The first-order valence-electron chi connectivity index (χ1n) is 6.18. The highest BCUT2D eigenvalue weighted by Gasteiger charge is 2.13. The van der Waals surface area contributed by atoms with Crippen LogP contribution in [0.15, 0.2) is 12.5 Å². The number of rotatable bonds is 4. The van der Waals surface area contributed by atoms with Crippen molar-refractivity contribution in [1.82, 2.24) is 25.1 Å². The highest BCUT2D eigenvalue weighted by atomic mass is 15.3. The van der Waals surface area contributed by atoms with Gasteiger partial charge >= 0.3 is 0 Å². The molecule has 18 heavy (non-hydrogen) atoms. The fraction of sp³-hybridized carbons (Fsp3) is 0.462. The van der Waals surface area contributed by atoms with Crippen LogP contribution in [0.3, 0.4) is 0 Å². The summed E-state index contributed by atoms with van der Waals surface area (Å²) in [6.45, 7) is 9.92. The van der Waals surface area contributed by atoms with Crippen molar-refractivity contribution in [3.05, 3.63) is 35.0 Å². The van der Waals surface area contributed by atoms with Crippen molar-refractivity contribution in [2.45, 2.75) is 34.2 Å². The van der Waals surface area contributed by atoms with Crippen LogP contribution < -0.4 is 5.32 Å². The first-order valence-corrected chi connectivity index (χ1v) is 6.18. The minimum Gasteiger partial charge on any atom is -0.313 e. The molecule has 2 rings (SSSR count). The lowest BCUT2D eigenvalue weighted by Gasteiger charge is -2.09. The molecule has 0 atom stereocenters. The smallest absolute Gasteiger partial charge is 0.161 e. The van der Waals surface area contributed by atoms with Gasteiger partial charge in [0.25, 0.3) is 0 Å². The number of hydrogen-bond acceptors (Lipinski definition) is 4. The van der Waals surface area contributed by atoms with Crippen molar-refractivity contribution in [1.29, 1.82) is 0 Å². The lowest BCUT2D eigenvalue weighted by atomic mass is 10.2. The van der Waals surface area contributed by atoms with Gasteiger partial charge in [0.2, 0.25) is 0 Å². The lowest BCUT2D eigenvalue weighted by molar-refractivity contribution is 0.700. The minimum atomic E-state index is 0.754. The fourth-order valence-electron chi connectivity index (χ4n) is 1.85. The standard InChI is InChI=1S/C13H19N5/c1-5-14-6-12-7-15-8-16-13(12)18-11(4)9(2)10(3)17-18/h7-8,14H,5-6H2,1-4H3. The zero-order valence-corrected chi connectivity index (χ0v) is 11.4. The van der Waals surface area contributed by atoms with E-state index in [0.717, 1.165) is 35.9 Å². The summed E-state index contributed by atoms with van der Waals surface area (Å²) < 4.78 is 1.90. The van der Waals surface area contributed by atoms with Gasteiger partial charge in [0.1, 0.15) is 6.33 Å². The molecule has 0 bridgehead atoms. The van der Waals surface area contributed by atoms with Gasteiger partial charge in [-0.3, -0.25) is 0 Å². The van der Waals surface area contributed by atoms with Crippen molar-refractivity contribution in [3.63, 3.8) is 0 Å². The largest absolute Gasteiger partial charge is 0.313 e. The van der Waals surface area contributed by atoms with Crippen LogP contribution >= 0.6 is 0 Å². The Hall–Kier alpha value is -1.75. The van der Waals surface area contributed by atoms with E-state index in [9.17, 15) is 0 Å². The van der Waals surface area contributed by atoms with E-state index >= 15 is 0 Å². The van der Waals surface area contributed by atoms with E-state index in [1.807, 2.05) is 17.8 Å². The normalized spacial score (nSPS) is 10.9. The Morgan fingerprint density at radius 2 is 2.06 bits per heavy atom. The molecule has 1 N–H and O–H groups in total. The Kier molecular flexibility index (Phi) is 3.72. The van der Waals surface area contributed by atoms with Gasteiger partial charge < -0.3 is 5.32 Å². The molecular weight excluding hydrogens is 226 g/mol. The molecule has 0 amide bonds. The second-order valence-corrected chi connectivity index (χ2v) is 4.36. The second-order valence-electron chi connectivity index (χ2n) is 4.36. The molecular formula is C13H19N5. The zero-order chi connectivity index (χ0) is 13.1. The van der Waals surface area contributed by atoms with E-state index < -0.39 is 0 Å². The monoisotopic (exact) mass is 245 g/mol.